The number of amides is 2. The molecule has 0 radical (unpaired) electrons. The summed E-state index contributed by atoms with van der Waals surface area (Å²) < 4.78 is 18.7. The van der Waals surface area contributed by atoms with Gasteiger partial charge in [0.25, 0.3) is 5.91 Å². The zero-order valence-corrected chi connectivity index (χ0v) is 19.6. The van der Waals surface area contributed by atoms with E-state index in [1.807, 2.05) is 46.0 Å². The van der Waals surface area contributed by atoms with Gasteiger partial charge in [-0.3, -0.25) is 4.79 Å². The lowest BCUT2D eigenvalue weighted by molar-refractivity contribution is 0.0205. The van der Waals surface area contributed by atoms with E-state index in [-0.39, 0.29) is 22.7 Å². The third-order valence-electron chi connectivity index (χ3n) is 5.35. The SMILES string of the molecule is CN(c1cccc(NC(=O)c2ccc(F)cc2Cl)c1)C1CCN(C(=O)OC(C)(C)C)CC1. The molecule has 1 N–H and O–H groups in total. The first-order valence-electron chi connectivity index (χ1n) is 10.6. The van der Waals surface area contributed by atoms with Crippen molar-refractivity contribution in [2.24, 2.45) is 0 Å². The maximum absolute atomic E-state index is 13.2. The van der Waals surface area contributed by atoms with Crippen LogP contribution in [0.2, 0.25) is 5.02 Å². The Labute approximate surface area is 193 Å². The van der Waals surface area contributed by atoms with E-state index in [9.17, 15) is 14.0 Å². The first-order valence-corrected chi connectivity index (χ1v) is 11.0. The molecule has 0 spiro atoms. The number of hydrogen-bond donors (Lipinski definition) is 1. The molecule has 0 unspecified atom stereocenters. The van der Waals surface area contributed by atoms with E-state index >= 15 is 0 Å². The minimum atomic E-state index is -0.506. The summed E-state index contributed by atoms with van der Waals surface area (Å²) in [7, 11) is 2.01. The lowest BCUT2D eigenvalue weighted by Crippen LogP contribution is -2.47. The predicted molar refractivity (Wildman–Crippen MR) is 125 cm³/mol. The van der Waals surface area contributed by atoms with E-state index in [1.165, 1.54) is 12.1 Å². The molecular weight excluding hydrogens is 433 g/mol. The van der Waals surface area contributed by atoms with Gasteiger partial charge in [-0.2, -0.15) is 0 Å². The fraction of sp³-hybridized carbons (Fsp3) is 0.417. The van der Waals surface area contributed by atoms with E-state index < -0.39 is 17.3 Å². The van der Waals surface area contributed by atoms with Crippen LogP contribution in [-0.2, 0) is 4.74 Å². The Kier molecular flexibility index (Phi) is 7.29. The van der Waals surface area contributed by atoms with Crippen LogP contribution >= 0.6 is 11.6 Å². The van der Waals surface area contributed by atoms with Crippen LogP contribution in [0.5, 0.6) is 0 Å². The number of ether oxygens (including phenoxy) is 1. The summed E-state index contributed by atoms with van der Waals surface area (Å²) in [5.74, 6) is -0.895. The van der Waals surface area contributed by atoms with Gasteiger partial charge in [0.05, 0.1) is 10.6 Å². The molecule has 1 aliphatic rings. The number of benzene rings is 2. The number of anilines is 2. The molecule has 6 nitrogen and oxygen atoms in total. The number of halogens is 2. The van der Waals surface area contributed by atoms with Gasteiger partial charge in [-0.05, 0) is 70.0 Å². The summed E-state index contributed by atoms with van der Waals surface area (Å²) in [5, 5.41) is 2.88. The Morgan fingerprint density at radius 1 is 1.16 bits per heavy atom. The van der Waals surface area contributed by atoms with Gasteiger partial charge >= 0.3 is 6.09 Å². The fourth-order valence-electron chi connectivity index (χ4n) is 3.65. The zero-order chi connectivity index (χ0) is 23.5. The van der Waals surface area contributed by atoms with Crippen molar-refractivity contribution >= 4 is 35.0 Å². The predicted octanol–water partition coefficient (Wildman–Crippen LogP) is 5.57. The molecule has 1 fully saturated rings. The van der Waals surface area contributed by atoms with Gasteiger partial charge in [0.15, 0.2) is 0 Å². The molecule has 8 heteroatoms. The number of carbonyl (C=O) groups excluding carboxylic acids is 2. The molecule has 1 aliphatic heterocycles. The number of rotatable bonds is 4. The first kappa shape index (κ1) is 23.9. The summed E-state index contributed by atoms with van der Waals surface area (Å²) in [5.41, 5.74) is 1.27. The van der Waals surface area contributed by atoms with Crippen molar-refractivity contribution in [3.63, 3.8) is 0 Å². The highest BCUT2D eigenvalue weighted by molar-refractivity contribution is 6.34. The quantitative estimate of drug-likeness (QED) is 0.646. The van der Waals surface area contributed by atoms with E-state index in [1.54, 1.807) is 11.0 Å². The summed E-state index contributed by atoms with van der Waals surface area (Å²) >= 11 is 6.00. The summed E-state index contributed by atoms with van der Waals surface area (Å²) in [6.07, 6.45) is 1.36. The van der Waals surface area contributed by atoms with E-state index in [0.29, 0.717) is 18.8 Å². The Hall–Kier alpha value is -2.80. The largest absolute Gasteiger partial charge is 0.444 e. The van der Waals surface area contributed by atoms with Crippen LogP contribution in [0.4, 0.5) is 20.6 Å². The van der Waals surface area contributed by atoms with Gasteiger partial charge in [-0.25, -0.2) is 9.18 Å². The van der Waals surface area contributed by atoms with Crippen LogP contribution in [0, 0.1) is 5.82 Å². The van der Waals surface area contributed by atoms with Crippen LogP contribution in [0.3, 0.4) is 0 Å². The molecule has 32 heavy (non-hydrogen) atoms. The third-order valence-corrected chi connectivity index (χ3v) is 5.66. The Morgan fingerprint density at radius 2 is 1.84 bits per heavy atom. The van der Waals surface area contributed by atoms with Crippen molar-refractivity contribution < 1.29 is 18.7 Å². The number of carbonyl (C=O) groups is 2. The van der Waals surface area contributed by atoms with Crippen molar-refractivity contribution in [2.45, 2.75) is 45.3 Å². The average molecular weight is 462 g/mol. The Morgan fingerprint density at radius 3 is 2.47 bits per heavy atom. The smallest absolute Gasteiger partial charge is 0.410 e. The summed E-state index contributed by atoms with van der Waals surface area (Å²) in [4.78, 5) is 28.7. The van der Waals surface area contributed by atoms with Gasteiger partial charge in [-0.15, -0.1) is 0 Å². The minimum Gasteiger partial charge on any atom is -0.444 e. The number of hydrogen-bond acceptors (Lipinski definition) is 4. The van der Waals surface area contributed by atoms with Crippen molar-refractivity contribution in [3.05, 3.63) is 58.9 Å². The van der Waals surface area contributed by atoms with Crippen molar-refractivity contribution in [2.75, 3.05) is 30.4 Å². The molecule has 3 rings (SSSR count). The maximum Gasteiger partial charge on any atom is 0.410 e. The second-order valence-corrected chi connectivity index (χ2v) is 9.35. The van der Waals surface area contributed by atoms with Crippen molar-refractivity contribution in [1.82, 2.24) is 4.90 Å². The monoisotopic (exact) mass is 461 g/mol. The zero-order valence-electron chi connectivity index (χ0n) is 18.8. The Balaban J connectivity index is 1.61. The summed E-state index contributed by atoms with van der Waals surface area (Å²) in [6.45, 7) is 6.84. The molecule has 1 heterocycles. The maximum atomic E-state index is 13.2. The van der Waals surface area contributed by atoms with Crippen LogP contribution < -0.4 is 10.2 Å². The van der Waals surface area contributed by atoms with Gasteiger partial charge in [0, 0.05) is 37.6 Å². The van der Waals surface area contributed by atoms with Gasteiger partial charge in [-0.1, -0.05) is 17.7 Å². The van der Waals surface area contributed by atoms with Crippen LogP contribution in [0.1, 0.15) is 44.0 Å². The molecular formula is C24H29ClFN3O3. The normalized spacial score (nSPS) is 14.8. The van der Waals surface area contributed by atoms with Crippen molar-refractivity contribution in [1.29, 1.82) is 0 Å². The van der Waals surface area contributed by atoms with Gasteiger partial charge in [0.2, 0.25) is 0 Å². The highest BCUT2D eigenvalue weighted by atomic mass is 35.5. The van der Waals surface area contributed by atoms with E-state index in [4.69, 9.17) is 16.3 Å². The first-order chi connectivity index (χ1) is 15.0. The molecule has 0 bridgehead atoms. The van der Waals surface area contributed by atoms with E-state index in [2.05, 4.69) is 10.2 Å². The number of nitrogens with one attached hydrogen (secondary N) is 1. The van der Waals surface area contributed by atoms with Crippen LogP contribution in [0.25, 0.3) is 0 Å². The number of likely N-dealkylation sites (tertiary alicyclic amines) is 1. The minimum absolute atomic E-state index is 0.0625. The lowest BCUT2D eigenvalue weighted by Gasteiger charge is -2.38. The molecule has 1 saturated heterocycles. The van der Waals surface area contributed by atoms with E-state index in [0.717, 1.165) is 24.6 Å². The molecule has 2 aromatic rings. The van der Waals surface area contributed by atoms with Gasteiger partial charge in [0.1, 0.15) is 11.4 Å². The molecule has 0 atom stereocenters. The summed E-state index contributed by atoms with van der Waals surface area (Å²) in [6, 6.07) is 11.4. The molecule has 2 amide bonds. The fourth-order valence-corrected chi connectivity index (χ4v) is 3.90. The average Bonchev–Trinajstić information content (AvgIpc) is 2.72. The van der Waals surface area contributed by atoms with Crippen molar-refractivity contribution in [3.8, 4) is 0 Å². The standard InChI is InChI=1S/C24H29ClFN3O3/c1-24(2,3)32-23(31)29-12-10-18(11-13-29)28(4)19-7-5-6-17(15-19)27-22(30)20-9-8-16(26)14-21(20)25/h5-9,14-15,18H,10-13H2,1-4H3,(H,27,30). The molecule has 172 valence electrons. The topological polar surface area (TPSA) is 61.9 Å². The van der Waals surface area contributed by atoms with Crippen LogP contribution in [0.15, 0.2) is 42.5 Å². The lowest BCUT2D eigenvalue weighted by atomic mass is 10.0. The Bertz CT molecular complexity index is 985. The molecule has 0 saturated carbocycles. The highest BCUT2D eigenvalue weighted by Crippen LogP contribution is 2.26. The molecule has 0 aromatic heterocycles. The molecule has 2 aromatic carbocycles. The highest BCUT2D eigenvalue weighted by Gasteiger charge is 2.28. The third kappa shape index (κ3) is 6.13. The number of nitrogens with zero attached hydrogens (tertiary/aromatic N) is 2. The second-order valence-electron chi connectivity index (χ2n) is 8.94. The molecule has 0 aliphatic carbocycles. The number of piperidine rings is 1. The van der Waals surface area contributed by atoms with Crippen LogP contribution in [-0.4, -0.2) is 48.7 Å². The second kappa shape index (κ2) is 9.77. The van der Waals surface area contributed by atoms with Gasteiger partial charge < -0.3 is 19.9 Å².